The van der Waals surface area contributed by atoms with Gasteiger partial charge in [0.05, 0.1) is 11.4 Å². The molecule has 0 bridgehead atoms. The second-order valence-corrected chi connectivity index (χ2v) is 4.28. The molecule has 0 spiro atoms. The van der Waals surface area contributed by atoms with Crippen LogP contribution in [0.3, 0.4) is 0 Å². The Balaban J connectivity index is 1.95. The van der Waals surface area contributed by atoms with Crippen molar-refractivity contribution in [2.45, 2.75) is 18.9 Å². The number of nitrogens with one attached hydrogen (secondary N) is 2. The first-order valence-corrected chi connectivity index (χ1v) is 5.35. The topological polar surface area (TPSA) is 63.0 Å². The number of aromatic nitrogens is 1. The zero-order chi connectivity index (χ0) is 10.7. The van der Waals surface area contributed by atoms with Crippen LogP contribution >= 0.6 is 0 Å². The summed E-state index contributed by atoms with van der Waals surface area (Å²) in [6.45, 7) is 4.70. The van der Waals surface area contributed by atoms with Crippen molar-refractivity contribution in [3.63, 3.8) is 0 Å². The van der Waals surface area contributed by atoms with Gasteiger partial charge in [0.2, 0.25) is 0 Å². The van der Waals surface area contributed by atoms with Crippen molar-refractivity contribution < 1.29 is 0 Å². The molecule has 0 unspecified atom stereocenters. The second kappa shape index (κ2) is 4.16. The standard InChI is InChI=1S/C11H18N4/c1-9-10(3-2-5-14-9)15-8-11(12)4-6-13-7-11/h2-3,5,13,15H,4,6-8,12H2,1H3/t11-/m1/s1. The molecule has 0 aliphatic carbocycles. The lowest BCUT2D eigenvalue weighted by Crippen LogP contribution is -2.48. The van der Waals surface area contributed by atoms with Gasteiger partial charge in [-0.05, 0) is 32.0 Å². The van der Waals surface area contributed by atoms with E-state index >= 15 is 0 Å². The third-order valence-corrected chi connectivity index (χ3v) is 2.91. The zero-order valence-corrected chi connectivity index (χ0v) is 9.09. The highest BCUT2D eigenvalue weighted by Crippen LogP contribution is 2.15. The molecule has 4 nitrogen and oxygen atoms in total. The first kappa shape index (κ1) is 10.4. The normalized spacial score (nSPS) is 25.5. The highest BCUT2D eigenvalue weighted by atomic mass is 15.0. The van der Waals surface area contributed by atoms with Crippen LogP contribution in [0.5, 0.6) is 0 Å². The third-order valence-electron chi connectivity index (χ3n) is 2.91. The average Bonchev–Trinajstić information content (AvgIpc) is 2.65. The fraction of sp³-hybridized carbons (Fsp3) is 0.545. The van der Waals surface area contributed by atoms with Gasteiger partial charge in [0.1, 0.15) is 0 Å². The predicted molar refractivity (Wildman–Crippen MR) is 61.9 cm³/mol. The number of pyridine rings is 1. The van der Waals surface area contributed by atoms with Gasteiger partial charge in [0, 0.05) is 24.8 Å². The lowest BCUT2D eigenvalue weighted by molar-refractivity contribution is 0.494. The highest BCUT2D eigenvalue weighted by Gasteiger charge is 2.28. The summed E-state index contributed by atoms with van der Waals surface area (Å²) in [6, 6.07) is 3.97. The molecule has 2 heterocycles. The van der Waals surface area contributed by atoms with E-state index in [0.29, 0.717) is 0 Å². The number of rotatable bonds is 3. The van der Waals surface area contributed by atoms with E-state index in [1.165, 1.54) is 0 Å². The third kappa shape index (κ3) is 2.46. The van der Waals surface area contributed by atoms with Crippen LogP contribution in [0, 0.1) is 6.92 Å². The minimum atomic E-state index is -0.109. The van der Waals surface area contributed by atoms with Gasteiger partial charge in [-0.2, -0.15) is 0 Å². The molecule has 0 radical (unpaired) electrons. The van der Waals surface area contributed by atoms with E-state index in [4.69, 9.17) is 5.73 Å². The molecule has 1 aliphatic rings. The van der Waals surface area contributed by atoms with Gasteiger partial charge >= 0.3 is 0 Å². The largest absolute Gasteiger partial charge is 0.382 e. The van der Waals surface area contributed by atoms with Gasteiger partial charge in [-0.1, -0.05) is 0 Å². The van der Waals surface area contributed by atoms with Crippen molar-refractivity contribution in [3.8, 4) is 0 Å². The lowest BCUT2D eigenvalue weighted by atomic mass is 10.0. The van der Waals surface area contributed by atoms with Crippen molar-refractivity contribution in [3.05, 3.63) is 24.0 Å². The van der Waals surface area contributed by atoms with Crippen LogP contribution in [0.1, 0.15) is 12.1 Å². The first-order valence-electron chi connectivity index (χ1n) is 5.35. The summed E-state index contributed by atoms with van der Waals surface area (Å²) >= 11 is 0. The summed E-state index contributed by atoms with van der Waals surface area (Å²) in [7, 11) is 0. The Kier molecular flexibility index (Phi) is 2.88. The van der Waals surface area contributed by atoms with Crippen LogP contribution in [-0.4, -0.2) is 30.2 Å². The Morgan fingerprint density at radius 3 is 3.20 bits per heavy atom. The highest BCUT2D eigenvalue weighted by molar-refractivity contribution is 5.47. The average molecular weight is 206 g/mol. The maximum atomic E-state index is 6.21. The van der Waals surface area contributed by atoms with E-state index in [1.807, 2.05) is 19.1 Å². The Morgan fingerprint density at radius 1 is 1.67 bits per heavy atom. The SMILES string of the molecule is Cc1ncccc1NC[C@@]1(N)CCNC1. The van der Waals surface area contributed by atoms with Crippen LogP contribution in [0.15, 0.2) is 18.3 Å². The van der Waals surface area contributed by atoms with E-state index in [9.17, 15) is 0 Å². The van der Waals surface area contributed by atoms with Crippen LogP contribution in [0.2, 0.25) is 0 Å². The van der Waals surface area contributed by atoms with Gasteiger partial charge in [-0.15, -0.1) is 0 Å². The summed E-state index contributed by atoms with van der Waals surface area (Å²) in [4.78, 5) is 4.23. The molecular formula is C11H18N4. The number of hydrogen-bond donors (Lipinski definition) is 3. The Bertz CT molecular complexity index is 331. The number of hydrogen-bond acceptors (Lipinski definition) is 4. The maximum absolute atomic E-state index is 6.21. The van der Waals surface area contributed by atoms with E-state index < -0.39 is 0 Å². The van der Waals surface area contributed by atoms with Crippen LogP contribution in [0.4, 0.5) is 5.69 Å². The second-order valence-electron chi connectivity index (χ2n) is 4.28. The van der Waals surface area contributed by atoms with E-state index in [2.05, 4.69) is 15.6 Å². The van der Waals surface area contributed by atoms with Gasteiger partial charge < -0.3 is 16.4 Å². The molecule has 0 amide bonds. The van der Waals surface area contributed by atoms with Gasteiger partial charge in [-0.3, -0.25) is 4.98 Å². The summed E-state index contributed by atoms with van der Waals surface area (Å²) in [6.07, 6.45) is 2.83. The molecule has 4 N–H and O–H groups in total. The number of anilines is 1. The summed E-state index contributed by atoms with van der Waals surface area (Å²) < 4.78 is 0. The molecular weight excluding hydrogens is 188 g/mol. The van der Waals surface area contributed by atoms with E-state index in [1.54, 1.807) is 6.20 Å². The minimum absolute atomic E-state index is 0.109. The lowest BCUT2D eigenvalue weighted by Gasteiger charge is -2.24. The molecule has 4 heteroatoms. The first-order chi connectivity index (χ1) is 7.20. The van der Waals surface area contributed by atoms with Crippen molar-refractivity contribution >= 4 is 5.69 Å². The molecule has 1 atom stereocenters. The van der Waals surface area contributed by atoms with E-state index in [0.717, 1.165) is 37.4 Å². The van der Waals surface area contributed by atoms with Crippen LogP contribution in [0.25, 0.3) is 0 Å². The monoisotopic (exact) mass is 206 g/mol. The zero-order valence-electron chi connectivity index (χ0n) is 9.09. The molecule has 82 valence electrons. The Hall–Kier alpha value is -1.13. The van der Waals surface area contributed by atoms with Gasteiger partial charge in [0.25, 0.3) is 0 Å². The molecule has 15 heavy (non-hydrogen) atoms. The maximum Gasteiger partial charge on any atom is 0.0603 e. The Labute approximate surface area is 90.3 Å². The van der Waals surface area contributed by atoms with Crippen molar-refractivity contribution in [1.82, 2.24) is 10.3 Å². The molecule has 1 saturated heterocycles. The quantitative estimate of drug-likeness (QED) is 0.673. The fourth-order valence-electron chi connectivity index (χ4n) is 1.86. The summed E-state index contributed by atoms with van der Waals surface area (Å²) in [5.41, 5.74) is 8.20. The molecule has 1 aromatic heterocycles. The van der Waals surface area contributed by atoms with Crippen molar-refractivity contribution in [2.24, 2.45) is 5.73 Å². The molecule has 1 fully saturated rings. The Morgan fingerprint density at radius 2 is 2.53 bits per heavy atom. The number of nitrogens with zero attached hydrogens (tertiary/aromatic N) is 1. The summed E-state index contributed by atoms with van der Waals surface area (Å²) in [5.74, 6) is 0. The number of aryl methyl sites for hydroxylation is 1. The van der Waals surface area contributed by atoms with Crippen molar-refractivity contribution in [1.29, 1.82) is 0 Å². The van der Waals surface area contributed by atoms with Gasteiger partial charge in [-0.25, -0.2) is 0 Å². The molecule has 1 aliphatic heterocycles. The fourth-order valence-corrected chi connectivity index (χ4v) is 1.86. The minimum Gasteiger partial charge on any atom is -0.382 e. The molecule has 2 rings (SSSR count). The van der Waals surface area contributed by atoms with Crippen molar-refractivity contribution in [2.75, 3.05) is 25.0 Å². The smallest absolute Gasteiger partial charge is 0.0603 e. The van der Waals surface area contributed by atoms with E-state index in [-0.39, 0.29) is 5.54 Å². The molecule has 0 aromatic carbocycles. The van der Waals surface area contributed by atoms with Crippen LogP contribution in [-0.2, 0) is 0 Å². The van der Waals surface area contributed by atoms with Crippen LogP contribution < -0.4 is 16.4 Å². The molecule has 0 saturated carbocycles. The predicted octanol–water partition coefficient (Wildman–Crippen LogP) is 0.493. The summed E-state index contributed by atoms with van der Waals surface area (Å²) in [5, 5.41) is 6.65. The molecule has 1 aromatic rings. The number of nitrogens with two attached hydrogens (primary N) is 1. The van der Waals surface area contributed by atoms with Gasteiger partial charge in [0.15, 0.2) is 0 Å².